The third kappa shape index (κ3) is 0.930. The SMILES string of the molecule is Cc1ncc(C2(N)CC2(C)C)s1. The number of nitrogens with two attached hydrogens (primary N) is 1. The van der Waals surface area contributed by atoms with Crippen LogP contribution in [0.5, 0.6) is 0 Å². The van der Waals surface area contributed by atoms with E-state index in [0.29, 0.717) is 0 Å². The first-order chi connectivity index (χ1) is 5.46. The minimum Gasteiger partial charge on any atom is -0.320 e. The lowest BCUT2D eigenvalue weighted by atomic mass is 10.1. The number of rotatable bonds is 1. The highest BCUT2D eigenvalue weighted by Crippen LogP contribution is 2.61. The second-order valence-corrected chi connectivity index (χ2v) is 5.51. The van der Waals surface area contributed by atoms with E-state index >= 15 is 0 Å². The van der Waals surface area contributed by atoms with Crippen LogP contribution >= 0.6 is 11.3 Å². The highest BCUT2D eigenvalue weighted by molar-refractivity contribution is 7.11. The van der Waals surface area contributed by atoms with E-state index < -0.39 is 0 Å². The fraction of sp³-hybridized carbons (Fsp3) is 0.667. The van der Waals surface area contributed by atoms with Crippen LogP contribution < -0.4 is 5.73 Å². The zero-order chi connectivity index (χ0) is 8.98. The van der Waals surface area contributed by atoms with Crippen molar-refractivity contribution in [2.45, 2.75) is 32.7 Å². The monoisotopic (exact) mass is 182 g/mol. The molecule has 1 atom stereocenters. The van der Waals surface area contributed by atoms with Crippen molar-refractivity contribution in [2.75, 3.05) is 0 Å². The predicted molar refractivity (Wildman–Crippen MR) is 51.1 cm³/mol. The van der Waals surface area contributed by atoms with Crippen LogP contribution in [-0.2, 0) is 5.54 Å². The molecule has 1 aromatic rings. The summed E-state index contributed by atoms with van der Waals surface area (Å²) in [7, 11) is 0. The summed E-state index contributed by atoms with van der Waals surface area (Å²) in [5.41, 5.74) is 6.41. The lowest BCUT2D eigenvalue weighted by Crippen LogP contribution is -2.24. The number of aryl methyl sites for hydroxylation is 1. The molecule has 1 unspecified atom stereocenters. The van der Waals surface area contributed by atoms with E-state index in [0.717, 1.165) is 11.4 Å². The minimum absolute atomic E-state index is 0.0844. The molecule has 1 saturated carbocycles. The normalized spacial score (nSPS) is 32.0. The summed E-state index contributed by atoms with van der Waals surface area (Å²) in [5.74, 6) is 0. The van der Waals surface area contributed by atoms with Gasteiger partial charge in [-0.1, -0.05) is 13.8 Å². The van der Waals surface area contributed by atoms with Gasteiger partial charge < -0.3 is 5.73 Å². The van der Waals surface area contributed by atoms with E-state index in [4.69, 9.17) is 5.73 Å². The van der Waals surface area contributed by atoms with E-state index in [9.17, 15) is 0 Å². The molecule has 0 saturated heterocycles. The average molecular weight is 182 g/mol. The standard InChI is InChI=1S/C9H14N2S/c1-6-11-4-7(12-6)9(10)5-8(9,2)3/h4H,5,10H2,1-3H3. The second-order valence-electron chi connectivity index (χ2n) is 4.28. The number of aromatic nitrogens is 1. The Bertz CT molecular complexity index is 316. The van der Waals surface area contributed by atoms with Gasteiger partial charge in [0, 0.05) is 11.1 Å². The van der Waals surface area contributed by atoms with Crippen LogP contribution in [0.15, 0.2) is 6.20 Å². The van der Waals surface area contributed by atoms with Crippen molar-refractivity contribution < 1.29 is 0 Å². The van der Waals surface area contributed by atoms with Crippen LogP contribution in [-0.4, -0.2) is 4.98 Å². The Labute approximate surface area is 76.8 Å². The number of nitrogens with zero attached hydrogens (tertiary/aromatic N) is 1. The van der Waals surface area contributed by atoms with Crippen molar-refractivity contribution >= 4 is 11.3 Å². The van der Waals surface area contributed by atoms with Gasteiger partial charge in [-0.3, -0.25) is 0 Å². The molecule has 0 radical (unpaired) electrons. The summed E-state index contributed by atoms with van der Waals surface area (Å²) in [6, 6.07) is 0. The van der Waals surface area contributed by atoms with Crippen molar-refractivity contribution in [1.29, 1.82) is 0 Å². The van der Waals surface area contributed by atoms with E-state index in [-0.39, 0.29) is 11.0 Å². The topological polar surface area (TPSA) is 38.9 Å². The van der Waals surface area contributed by atoms with Crippen molar-refractivity contribution in [3.63, 3.8) is 0 Å². The summed E-state index contributed by atoms with van der Waals surface area (Å²) in [6.45, 7) is 6.44. The molecule has 0 amide bonds. The average Bonchev–Trinajstić information content (AvgIpc) is 2.37. The van der Waals surface area contributed by atoms with Crippen LogP contribution in [0.4, 0.5) is 0 Å². The minimum atomic E-state index is -0.0844. The van der Waals surface area contributed by atoms with Gasteiger partial charge in [0.25, 0.3) is 0 Å². The molecule has 0 bridgehead atoms. The quantitative estimate of drug-likeness (QED) is 0.721. The maximum atomic E-state index is 6.23. The van der Waals surface area contributed by atoms with Gasteiger partial charge in [0.15, 0.2) is 0 Å². The maximum Gasteiger partial charge on any atom is 0.0897 e. The molecule has 3 heteroatoms. The van der Waals surface area contributed by atoms with Crippen molar-refractivity contribution in [3.05, 3.63) is 16.1 Å². The van der Waals surface area contributed by atoms with E-state index in [2.05, 4.69) is 18.8 Å². The summed E-state index contributed by atoms with van der Waals surface area (Å²) >= 11 is 1.72. The van der Waals surface area contributed by atoms with Gasteiger partial charge in [-0.15, -0.1) is 11.3 Å². The molecule has 0 aliphatic heterocycles. The highest BCUT2D eigenvalue weighted by Gasteiger charge is 2.60. The molecule has 1 aliphatic rings. The Morgan fingerprint density at radius 3 is 2.50 bits per heavy atom. The Kier molecular flexibility index (Phi) is 1.43. The smallest absolute Gasteiger partial charge is 0.0897 e. The fourth-order valence-corrected chi connectivity index (χ4v) is 2.70. The third-order valence-electron chi connectivity index (χ3n) is 2.86. The van der Waals surface area contributed by atoms with Gasteiger partial charge in [-0.05, 0) is 18.8 Å². The van der Waals surface area contributed by atoms with Crippen molar-refractivity contribution in [2.24, 2.45) is 11.1 Å². The van der Waals surface area contributed by atoms with Crippen LogP contribution in [0.25, 0.3) is 0 Å². The highest BCUT2D eigenvalue weighted by atomic mass is 32.1. The number of thiazole rings is 1. The maximum absolute atomic E-state index is 6.23. The van der Waals surface area contributed by atoms with Crippen molar-refractivity contribution in [1.82, 2.24) is 4.98 Å². The van der Waals surface area contributed by atoms with Gasteiger partial charge in [-0.2, -0.15) is 0 Å². The van der Waals surface area contributed by atoms with Gasteiger partial charge in [-0.25, -0.2) is 4.98 Å². The van der Waals surface area contributed by atoms with Crippen LogP contribution in [0.1, 0.15) is 30.2 Å². The van der Waals surface area contributed by atoms with Gasteiger partial charge >= 0.3 is 0 Å². The molecule has 1 heterocycles. The van der Waals surface area contributed by atoms with E-state index in [1.807, 2.05) is 13.1 Å². The molecule has 1 aromatic heterocycles. The van der Waals surface area contributed by atoms with Crippen molar-refractivity contribution in [3.8, 4) is 0 Å². The molecule has 12 heavy (non-hydrogen) atoms. The first-order valence-corrected chi connectivity index (χ1v) is 4.99. The summed E-state index contributed by atoms with van der Waals surface area (Å²) in [4.78, 5) is 5.47. The Hall–Kier alpha value is -0.410. The molecule has 1 aliphatic carbocycles. The molecule has 2 nitrogen and oxygen atoms in total. The molecule has 66 valence electrons. The Morgan fingerprint density at radius 2 is 2.17 bits per heavy atom. The zero-order valence-electron chi connectivity index (χ0n) is 7.72. The van der Waals surface area contributed by atoms with Crippen LogP contribution in [0.3, 0.4) is 0 Å². The number of hydrogen-bond donors (Lipinski definition) is 1. The summed E-state index contributed by atoms with van der Waals surface area (Å²) in [6.07, 6.45) is 3.01. The lowest BCUT2D eigenvalue weighted by molar-refractivity contribution is 0.516. The predicted octanol–water partition coefficient (Wildman–Crippen LogP) is 2.04. The molecule has 2 N–H and O–H groups in total. The molecule has 1 fully saturated rings. The first kappa shape index (κ1) is 8.20. The van der Waals surface area contributed by atoms with E-state index in [1.54, 1.807) is 11.3 Å². The molecule has 0 aromatic carbocycles. The van der Waals surface area contributed by atoms with E-state index in [1.165, 1.54) is 4.88 Å². The summed E-state index contributed by atoms with van der Waals surface area (Å²) < 4.78 is 0. The van der Waals surface area contributed by atoms with Gasteiger partial charge in [0.2, 0.25) is 0 Å². The lowest BCUT2D eigenvalue weighted by Gasteiger charge is -2.11. The summed E-state index contributed by atoms with van der Waals surface area (Å²) in [5, 5.41) is 1.11. The van der Waals surface area contributed by atoms with Crippen LogP contribution in [0, 0.1) is 12.3 Å². The first-order valence-electron chi connectivity index (χ1n) is 4.17. The van der Waals surface area contributed by atoms with Crippen LogP contribution in [0.2, 0.25) is 0 Å². The third-order valence-corrected chi connectivity index (χ3v) is 3.95. The number of hydrogen-bond acceptors (Lipinski definition) is 3. The molecule has 0 spiro atoms. The molecular weight excluding hydrogens is 168 g/mol. The fourth-order valence-electron chi connectivity index (χ4n) is 1.64. The Morgan fingerprint density at radius 1 is 1.58 bits per heavy atom. The largest absolute Gasteiger partial charge is 0.320 e. The zero-order valence-corrected chi connectivity index (χ0v) is 8.53. The second kappa shape index (κ2) is 2.09. The van der Waals surface area contributed by atoms with Gasteiger partial charge in [0.1, 0.15) is 0 Å². The van der Waals surface area contributed by atoms with Gasteiger partial charge in [0.05, 0.1) is 10.5 Å². The Balaban J connectivity index is 2.34. The molecule has 2 rings (SSSR count). The molecular formula is C9H14N2S.